The van der Waals surface area contributed by atoms with Crippen LogP contribution in [0.15, 0.2) is 24.5 Å². The molecule has 0 fully saturated rings. The van der Waals surface area contributed by atoms with Crippen LogP contribution in [-0.4, -0.2) is 22.6 Å². The van der Waals surface area contributed by atoms with Crippen LogP contribution in [0.5, 0.6) is 0 Å². The average Bonchev–Trinajstić information content (AvgIpc) is 2.77. The zero-order chi connectivity index (χ0) is 13.3. The highest BCUT2D eigenvalue weighted by Crippen LogP contribution is 2.23. The number of nitrogens with zero attached hydrogens (tertiary/aromatic N) is 2. The molecule has 0 unspecified atom stereocenters. The second-order valence-corrected chi connectivity index (χ2v) is 4.06. The Hall–Kier alpha value is -2.30. The number of nitrogen functional groups attached to an aromatic ring is 1. The number of hydrogen-bond acceptors (Lipinski definition) is 4. The molecule has 0 saturated carbocycles. The first-order chi connectivity index (χ1) is 8.54. The van der Waals surface area contributed by atoms with E-state index in [1.165, 1.54) is 7.11 Å². The number of ether oxygens (including phenoxy) is 1. The molecule has 2 aromatic rings. The van der Waals surface area contributed by atoms with Crippen molar-refractivity contribution in [2.75, 3.05) is 12.8 Å². The summed E-state index contributed by atoms with van der Waals surface area (Å²) in [4.78, 5) is 15.7. The van der Waals surface area contributed by atoms with Gasteiger partial charge < -0.3 is 15.0 Å². The molecule has 18 heavy (non-hydrogen) atoms. The van der Waals surface area contributed by atoms with Crippen LogP contribution < -0.4 is 5.73 Å². The van der Waals surface area contributed by atoms with Crippen LogP contribution in [0, 0.1) is 13.8 Å². The zero-order valence-corrected chi connectivity index (χ0v) is 10.6. The van der Waals surface area contributed by atoms with E-state index in [-0.39, 0.29) is 5.97 Å². The van der Waals surface area contributed by atoms with E-state index < -0.39 is 0 Å². The molecular weight excluding hydrogens is 230 g/mol. The second kappa shape index (κ2) is 4.52. The Kier molecular flexibility index (Phi) is 3.06. The average molecular weight is 245 g/mol. The molecule has 0 aliphatic heterocycles. The van der Waals surface area contributed by atoms with E-state index in [9.17, 15) is 4.79 Å². The lowest BCUT2D eigenvalue weighted by Gasteiger charge is -2.12. The van der Waals surface area contributed by atoms with Crippen LogP contribution in [0.2, 0.25) is 0 Å². The SMILES string of the molecule is COC(=O)c1cc(N)c(-n2ccnc2C)cc1C. The number of nitrogens with two attached hydrogens (primary N) is 1. The summed E-state index contributed by atoms with van der Waals surface area (Å²) in [6.45, 7) is 3.74. The number of benzene rings is 1. The van der Waals surface area contributed by atoms with Gasteiger partial charge in [-0.25, -0.2) is 9.78 Å². The summed E-state index contributed by atoms with van der Waals surface area (Å²) in [5.74, 6) is 0.458. The van der Waals surface area contributed by atoms with Gasteiger partial charge in [-0.3, -0.25) is 0 Å². The molecule has 0 saturated heterocycles. The molecule has 2 rings (SSSR count). The number of esters is 1. The Morgan fingerprint density at radius 3 is 2.67 bits per heavy atom. The predicted octanol–water partition coefficient (Wildman–Crippen LogP) is 1.86. The van der Waals surface area contributed by atoms with Crippen LogP contribution in [0.25, 0.3) is 5.69 Å². The fourth-order valence-corrected chi connectivity index (χ4v) is 1.88. The number of aromatic nitrogens is 2. The molecule has 1 heterocycles. The number of methoxy groups -OCH3 is 1. The Labute approximate surface area is 105 Å². The molecule has 0 amide bonds. The number of aryl methyl sites for hydroxylation is 2. The summed E-state index contributed by atoms with van der Waals surface area (Å²) < 4.78 is 6.59. The lowest BCUT2D eigenvalue weighted by molar-refractivity contribution is 0.0600. The van der Waals surface area contributed by atoms with Crippen molar-refractivity contribution >= 4 is 11.7 Å². The quantitative estimate of drug-likeness (QED) is 0.647. The molecule has 94 valence electrons. The van der Waals surface area contributed by atoms with Gasteiger partial charge in [0.05, 0.1) is 24.0 Å². The lowest BCUT2D eigenvalue weighted by atomic mass is 10.1. The molecular formula is C13H15N3O2. The van der Waals surface area contributed by atoms with Gasteiger partial charge in [-0.1, -0.05) is 0 Å². The van der Waals surface area contributed by atoms with Gasteiger partial charge in [-0.05, 0) is 31.5 Å². The maximum absolute atomic E-state index is 11.6. The number of carbonyl (C=O) groups is 1. The van der Waals surface area contributed by atoms with Crippen LogP contribution in [0.3, 0.4) is 0 Å². The minimum absolute atomic E-state index is 0.381. The topological polar surface area (TPSA) is 70.1 Å². The number of carbonyl (C=O) groups excluding carboxylic acids is 1. The summed E-state index contributed by atoms with van der Waals surface area (Å²) in [6, 6.07) is 3.49. The van der Waals surface area contributed by atoms with E-state index in [1.54, 1.807) is 12.3 Å². The highest BCUT2D eigenvalue weighted by atomic mass is 16.5. The normalized spacial score (nSPS) is 10.4. The Morgan fingerprint density at radius 1 is 1.39 bits per heavy atom. The summed E-state index contributed by atoms with van der Waals surface area (Å²) in [6.07, 6.45) is 3.54. The Morgan fingerprint density at radius 2 is 2.11 bits per heavy atom. The molecule has 1 aromatic carbocycles. The van der Waals surface area contributed by atoms with Crippen molar-refractivity contribution in [2.24, 2.45) is 0 Å². The molecule has 0 radical (unpaired) electrons. The van der Waals surface area contributed by atoms with Crippen LogP contribution in [-0.2, 0) is 4.74 Å². The van der Waals surface area contributed by atoms with Gasteiger partial charge in [0.15, 0.2) is 0 Å². The zero-order valence-electron chi connectivity index (χ0n) is 10.6. The second-order valence-electron chi connectivity index (χ2n) is 4.06. The van der Waals surface area contributed by atoms with Crippen molar-refractivity contribution in [3.05, 3.63) is 41.5 Å². The van der Waals surface area contributed by atoms with Gasteiger partial charge in [0, 0.05) is 12.4 Å². The first kappa shape index (κ1) is 12.2. The molecule has 0 aliphatic rings. The minimum atomic E-state index is -0.381. The van der Waals surface area contributed by atoms with Gasteiger partial charge in [-0.15, -0.1) is 0 Å². The number of rotatable bonds is 2. The third-order valence-corrected chi connectivity index (χ3v) is 2.86. The van der Waals surface area contributed by atoms with Gasteiger partial charge in [0.25, 0.3) is 0 Å². The molecule has 0 spiro atoms. The van der Waals surface area contributed by atoms with E-state index >= 15 is 0 Å². The van der Waals surface area contributed by atoms with Gasteiger partial charge in [-0.2, -0.15) is 0 Å². The van der Waals surface area contributed by atoms with Crippen molar-refractivity contribution in [1.82, 2.24) is 9.55 Å². The molecule has 5 heteroatoms. The monoisotopic (exact) mass is 245 g/mol. The lowest BCUT2D eigenvalue weighted by Crippen LogP contribution is -2.08. The Bertz CT molecular complexity index is 602. The highest BCUT2D eigenvalue weighted by molar-refractivity contribution is 5.93. The standard InChI is InChI=1S/C13H15N3O2/c1-8-6-12(16-5-4-15-9(16)2)11(14)7-10(8)13(17)18-3/h4-7H,14H2,1-3H3. The fourth-order valence-electron chi connectivity index (χ4n) is 1.88. The first-order valence-electron chi connectivity index (χ1n) is 5.53. The van der Waals surface area contributed by atoms with E-state index in [1.807, 2.05) is 30.7 Å². The van der Waals surface area contributed by atoms with Crippen molar-refractivity contribution < 1.29 is 9.53 Å². The fraction of sp³-hybridized carbons (Fsp3) is 0.231. The van der Waals surface area contributed by atoms with Crippen molar-refractivity contribution in [2.45, 2.75) is 13.8 Å². The molecule has 0 bridgehead atoms. The molecule has 5 nitrogen and oxygen atoms in total. The van der Waals surface area contributed by atoms with Crippen LogP contribution in [0.4, 0.5) is 5.69 Å². The molecule has 0 aliphatic carbocycles. The third kappa shape index (κ3) is 1.95. The smallest absolute Gasteiger partial charge is 0.338 e. The van der Waals surface area contributed by atoms with Crippen molar-refractivity contribution in [3.8, 4) is 5.69 Å². The minimum Gasteiger partial charge on any atom is -0.465 e. The van der Waals surface area contributed by atoms with E-state index in [2.05, 4.69) is 4.98 Å². The number of anilines is 1. The molecule has 0 atom stereocenters. The first-order valence-corrected chi connectivity index (χ1v) is 5.53. The van der Waals surface area contributed by atoms with E-state index in [0.717, 1.165) is 17.1 Å². The van der Waals surface area contributed by atoms with Gasteiger partial charge in [0.2, 0.25) is 0 Å². The summed E-state index contributed by atoms with van der Waals surface area (Å²) in [7, 11) is 1.35. The summed E-state index contributed by atoms with van der Waals surface area (Å²) in [5.41, 5.74) is 8.62. The summed E-state index contributed by atoms with van der Waals surface area (Å²) in [5, 5.41) is 0. The molecule has 1 aromatic heterocycles. The Balaban J connectivity index is 2.57. The van der Waals surface area contributed by atoms with E-state index in [0.29, 0.717) is 11.3 Å². The molecule has 2 N–H and O–H groups in total. The maximum Gasteiger partial charge on any atom is 0.338 e. The van der Waals surface area contributed by atoms with E-state index in [4.69, 9.17) is 10.5 Å². The maximum atomic E-state index is 11.6. The number of imidazole rings is 1. The van der Waals surface area contributed by atoms with Gasteiger partial charge >= 0.3 is 5.97 Å². The largest absolute Gasteiger partial charge is 0.465 e. The van der Waals surface area contributed by atoms with Crippen molar-refractivity contribution in [3.63, 3.8) is 0 Å². The highest BCUT2D eigenvalue weighted by Gasteiger charge is 2.13. The number of hydrogen-bond donors (Lipinski definition) is 1. The van der Waals surface area contributed by atoms with Gasteiger partial charge in [0.1, 0.15) is 5.82 Å². The third-order valence-electron chi connectivity index (χ3n) is 2.86. The summed E-state index contributed by atoms with van der Waals surface area (Å²) >= 11 is 0. The predicted molar refractivity (Wildman–Crippen MR) is 68.8 cm³/mol. The van der Waals surface area contributed by atoms with Crippen LogP contribution >= 0.6 is 0 Å². The van der Waals surface area contributed by atoms with Crippen LogP contribution in [0.1, 0.15) is 21.7 Å². The van der Waals surface area contributed by atoms with Crippen molar-refractivity contribution in [1.29, 1.82) is 0 Å².